The van der Waals surface area contributed by atoms with Gasteiger partial charge in [-0.15, -0.1) is 0 Å². The van der Waals surface area contributed by atoms with E-state index in [0.29, 0.717) is 11.3 Å². The Hall–Kier alpha value is -4.30. The monoisotopic (exact) mass is 578 g/mol. The molecule has 0 saturated carbocycles. The predicted molar refractivity (Wildman–Crippen MR) is 191 cm³/mol. The summed E-state index contributed by atoms with van der Waals surface area (Å²) in [6.45, 7) is 14.3. The Balaban J connectivity index is 1.46. The van der Waals surface area contributed by atoms with Crippen molar-refractivity contribution in [2.24, 2.45) is 10.8 Å². The molecule has 1 unspecified atom stereocenters. The van der Waals surface area contributed by atoms with Crippen LogP contribution in [0.5, 0.6) is 0 Å². The molecule has 0 N–H and O–H groups in total. The van der Waals surface area contributed by atoms with E-state index >= 15 is 0 Å². The zero-order valence-electron chi connectivity index (χ0n) is 27.2. The van der Waals surface area contributed by atoms with Crippen LogP contribution in [0.25, 0.3) is 27.5 Å². The van der Waals surface area contributed by atoms with Crippen LogP contribution in [0, 0.1) is 10.8 Å². The number of aromatic nitrogens is 1. The first kappa shape index (κ1) is 29.8. The number of fused-ring (bicyclic) bond motifs is 3. The number of para-hydroxylation sites is 3. The maximum Gasteiger partial charge on any atom is 0.0542 e. The second-order valence-corrected chi connectivity index (χ2v) is 14.1. The predicted octanol–water partition coefficient (Wildman–Crippen LogP) is 12.6. The third-order valence-corrected chi connectivity index (χ3v) is 9.53. The van der Waals surface area contributed by atoms with Gasteiger partial charge in [-0.05, 0) is 95.8 Å². The SMILES string of the molecule is CCC(C)(C)C(CCC(C)(C)C)c1ccc(N(c2ccccc2)c2ccc3c(c2)c2ccccc2n3-c2ccccc2)cc1. The molecule has 6 rings (SSSR count). The molecule has 0 saturated heterocycles. The van der Waals surface area contributed by atoms with Crippen LogP contribution >= 0.6 is 0 Å². The van der Waals surface area contributed by atoms with Crippen molar-refractivity contribution in [3.05, 3.63) is 133 Å². The maximum absolute atomic E-state index is 2.44. The van der Waals surface area contributed by atoms with Gasteiger partial charge in [0.1, 0.15) is 0 Å². The first-order valence-electron chi connectivity index (χ1n) is 16.2. The number of anilines is 3. The summed E-state index contributed by atoms with van der Waals surface area (Å²) in [4.78, 5) is 2.40. The largest absolute Gasteiger partial charge is 0.310 e. The summed E-state index contributed by atoms with van der Waals surface area (Å²) in [6.07, 6.45) is 3.58. The highest BCUT2D eigenvalue weighted by atomic mass is 15.1. The molecule has 2 heteroatoms. The van der Waals surface area contributed by atoms with Crippen LogP contribution in [0.1, 0.15) is 72.3 Å². The minimum Gasteiger partial charge on any atom is -0.310 e. The van der Waals surface area contributed by atoms with Crippen LogP contribution in [-0.2, 0) is 0 Å². The molecule has 0 aliphatic heterocycles. The third-order valence-electron chi connectivity index (χ3n) is 9.53. The Morgan fingerprint density at radius 3 is 1.82 bits per heavy atom. The van der Waals surface area contributed by atoms with Crippen molar-refractivity contribution >= 4 is 38.9 Å². The number of rotatable bonds is 9. The summed E-state index contributed by atoms with van der Waals surface area (Å²) in [5.41, 5.74) is 9.12. The maximum atomic E-state index is 2.44. The lowest BCUT2D eigenvalue weighted by atomic mass is 9.69. The van der Waals surface area contributed by atoms with E-state index in [1.807, 2.05) is 0 Å². The fourth-order valence-electron chi connectivity index (χ4n) is 6.67. The van der Waals surface area contributed by atoms with Gasteiger partial charge < -0.3 is 9.47 Å². The van der Waals surface area contributed by atoms with Gasteiger partial charge in [0, 0.05) is 33.5 Å². The first-order chi connectivity index (χ1) is 21.2. The molecule has 0 amide bonds. The molecular formula is C42H46N2. The molecule has 0 aliphatic carbocycles. The molecule has 1 heterocycles. The molecule has 6 aromatic rings. The summed E-state index contributed by atoms with van der Waals surface area (Å²) in [6, 6.07) is 46.5. The van der Waals surface area contributed by atoms with Crippen LogP contribution in [0.2, 0.25) is 0 Å². The fourth-order valence-corrected chi connectivity index (χ4v) is 6.67. The molecule has 1 atom stereocenters. The van der Waals surface area contributed by atoms with E-state index in [-0.39, 0.29) is 5.41 Å². The molecule has 0 bridgehead atoms. The lowest BCUT2D eigenvalue weighted by molar-refractivity contribution is 0.231. The zero-order valence-corrected chi connectivity index (χ0v) is 27.2. The van der Waals surface area contributed by atoms with E-state index in [0.717, 1.165) is 17.8 Å². The van der Waals surface area contributed by atoms with Gasteiger partial charge in [-0.3, -0.25) is 0 Å². The average molecular weight is 579 g/mol. The van der Waals surface area contributed by atoms with Gasteiger partial charge in [-0.1, -0.05) is 115 Å². The molecular weight excluding hydrogens is 532 g/mol. The van der Waals surface area contributed by atoms with Gasteiger partial charge in [0.2, 0.25) is 0 Å². The second-order valence-electron chi connectivity index (χ2n) is 14.1. The van der Waals surface area contributed by atoms with Crippen molar-refractivity contribution in [1.82, 2.24) is 4.57 Å². The molecule has 5 aromatic carbocycles. The van der Waals surface area contributed by atoms with E-state index in [4.69, 9.17) is 0 Å². The van der Waals surface area contributed by atoms with Gasteiger partial charge in [-0.25, -0.2) is 0 Å². The third kappa shape index (κ3) is 5.91. The Morgan fingerprint density at radius 2 is 1.16 bits per heavy atom. The highest BCUT2D eigenvalue weighted by Gasteiger charge is 2.30. The molecule has 2 nitrogen and oxygen atoms in total. The molecule has 0 radical (unpaired) electrons. The van der Waals surface area contributed by atoms with Gasteiger partial charge in [0.15, 0.2) is 0 Å². The molecule has 0 spiro atoms. The average Bonchev–Trinajstić information content (AvgIpc) is 3.36. The van der Waals surface area contributed by atoms with Crippen molar-refractivity contribution < 1.29 is 0 Å². The quantitative estimate of drug-likeness (QED) is 0.166. The van der Waals surface area contributed by atoms with Crippen LogP contribution in [0.3, 0.4) is 0 Å². The van der Waals surface area contributed by atoms with E-state index < -0.39 is 0 Å². The Morgan fingerprint density at radius 1 is 0.591 bits per heavy atom. The lowest BCUT2D eigenvalue weighted by Crippen LogP contribution is -2.23. The Labute approximate surface area is 264 Å². The van der Waals surface area contributed by atoms with Gasteiger partial charge in [0.25, 0.3) is 0 Å². The van der Waals surface area contributed by atoms with Crippen LogP contribution in [0.4, 0.5) is 17.1 Å². The molecule has 0 aliphatic rings. The van der Waals surface area contributed by atoms with Crippen LogP contribution < -0.4 is 4.90 Å². The topological polar surface area (TPSA) is 8.17 Å². The summed E-state index contributed by atoms with van der Waals surface area (Å²) >= 11 is 0. The van der Waals surface area contributed by atoms with Crippen molar-refractivity contribution in [2.75, 3.05) is 4.90 Å². The summed E-state index contributed by atoms with van der Waals surface area (Å²) in [5.74, 6) is 0.520. The fraction of sp³-hybridized carbons (Fsp3) is 0.286. The van der Waals surface area contributed by atoms with Crippen molar-refractivity contribution in [2.45, 2.75) is 66.7 Å². The summed E-state index contributed by atoms with van der Waals surface area (Å²) in [5, 5.41) is 2.52. The summed E-state index contributed by atoms with van der Waals surface area (Å²) < 4.78 is 2.38. The summed E-state index contributed by atoms with van der Waals surface area (Å²) in [7, 11) is 0. The molecule has 224 valence electrons. The minimum absolute atomic E-state index is 0.240. The number of benzene rings is 5. The van der Waals surface area contributed by atoms with Gasteiger partial charge >= 0.3 is 0 Å². The van der Waals surface area contributed by atoms with E-state index in [1.54, 1.807) is 0 Å². The van der Waals surface area contributed by atoms with Gasteiger partial charge in [-0.2, -0.15) is 0 Å². The van der Waals surface area contributed by atoms with Crippen molar-refractivity contribution in [3.8, 4) is 5.69 Å². The van der Waals surface area contributed by atoms with E-state index in [9.17, 15) is 0 Å². The standard InChI is InChI=1S/C42H46N2/c1-7-42(5,6)38(28-29-41(2,3)4)31-22-24-34(25-23-31)43(32-16-10-8-11-17-32)35-26-27-40-37(30-35)36-20-14-15-21-39(36)44(40)33-18-12-9-13-19-33/h8-27,30,38H,7,28-29H2,1-6H3. The molecule has 44 heavy (non-hydrogen) atoms. The minimum atomic E-state index is 0.240. The smallest absolute Gasteiger partial charge is 0.0542 e. The Bertz CT molecular complexity index is 1840. The molecule has 1 aromatic heterocycles. The zero-order chi connectivity index (χ0) is 30.9. The second kappa shape index (κ2) is 12.0. The first-order valence-corrected chi connectivity index (χ1v) is 16.2. The normalized spacial score (nSPS) is 13.0. The van der Waals surface area contributed by atoms with Crippen LogP contribution in [0.15, 0.2) is 127 Å². The van der Waals surface area contributed by atoms with E-state index in [2.05, 4.69) is 178 Å². The highest BCUT2D eigenvalue weighted by molar-refractivity contribution is 6.10. The number of hydrogen-bond donors (Lipinski definition) is 0. The molecule has 0 fully saturated rings. The lowest BCUT2D eigenvalue weighted by Gasteiger charge is -2.36. The highest BCUT2D eigenvalue weighted by Crippen LogP contribution is 2.45. The van der Waals surface area contributed by atoms with Crippen LogP contribution in [-0.4, -0.2) is 4.57 Å². The number of hydrogen-bond acceptors (Lipinski definition) is 1. The number of nitrogens with zero attached hydrogens (tertiary/aromatic N) is 2. The van der Waals surface area contributed by atoms with Gasteiger partial charge in [0.05, 0.1) is 11.0 Å². The Kier molecular flexibility index (Phi) is 8.12. The van der Waals surface area contributed by atoms with Crippen molar-refractivity contribution in [3.63, 3.8) is 0 Å². The van der Waals surface area contributed by atoms with Crippen molar-refractivity contribution in [1.29, 1.82) is 0 Å². The van der Waals surface area contributed by atoms with E-state index in [1.165, 1.54) is 51.6 Å².